The lowest BCUT2D eigenvalue weighted by Gasteiger charge is -2.07. The first-order valence-electron chi connectivity index (χ1n) is 7.92. The van der Waals surface area contributed by atoms with Gasteiger partial charge in [-0.25, -0.2) is 0 Å². The van der Waals surface area contributed by atoms with Crippen LogP contribution in [-0.2, 0) is 0 Å². The molecule has 0 aliphatic carbocycles. The summed E-state index contributed by atoms with van der Waals surface area (Å²) in [4.78, 5) is 24.9. The van der Waals surface area contributed by atoms with Gasteiger partial charge in [0, 0.05) is 18.2 Å². The van der Waals surface area contributed by atoms with Gasteiger partial charge in [0.1, 0.15) is 11.5 Å². The Morgan fingerprint density at radius 2 is 1.88 bits per heavy atom. The molecule has 0 saturated heterocycles. The van der Waals surface area contributed by atoms with E-state index < -0.39 is 0 Å². The Kier molecular flexibility index (Phi) is 6.34. The standard InChI is InChI=1S/C20H21NO4/c1-4-21-17-8-6-5-7-16(20(17)23)18(22)12-10-14-9-11-15(24-2)13-19(14)25-3/h5-13H,4H2,1-3H3,(H,21,23). The Morgan fingerprint density at radius 1 is 1.12 bits per heavy atom. The molecule has 1 N–H and O–H groups in total. The predicted molar refractivity (Wildman–Crippen MR) is 99.8 cm³/mol. The molecule has 2 rings (SSSR count). The summed E-state index contributed by atoms with van der Waals surface area (Å²) in [6.07, 6.45) is 3.00. The third-order valence-corrected chi connectivity index (χ3v) is 3.61. The smallest absolute Gasteiger partial charge is 0.212 e. The maximum atomic E-state index is 12.5. The van der Waals surface area contributed by atoms with E-state index in [1.807, 2.05) is 6.92 Å². The number of allylic oxidation sites excluding steroid dienone is 1. The summed E-state index contributed by atoms with van der Waals surface area (Å²) in [6.45, 7) is 2.50. The van der Waals surface area contributed by atoms with E-state index >= 15 is 0 Å². The van der Waals surface area contributed by atoms with Crippen molar-refractivity contribution in [1.29, 1.82) is 0 Å². The van der Waals surface area contributed by atoms with Crippen molar-refractivity contribution in [3.05, 3.63) is 69.9 Å². The normalized spacial score (nSPS) is 10.5. The molecule has 0 fully saturated rings. The molecule has 2 aromatic carbocycles. The highest BCUT2D eigenvalue weighted by Crippen LogP contribution is 2.25. The fourth-order valence-corrected chi connectivity index (χ4v) is 2.34. The lowest BCUT2D eigenvalue weighted by Crippen LogP contribution is -2.15. The van der Waals surface area contributed by atoms with E-state index in [1.54, 1.807) is 56.7 Å². The van der Waals surface area contributed by atoms with Crippen LogP contribution in [-0.4, -0.2) is 26.5 Å². The van der Waals surface area contributed by atoms with Crippen molar-refractivity contribution in [1.82, 2.24) is 0 Å². The Balaban J connectivity index is 2.35. The molecule has 0 aromatic heterocycles. The zero-order valence-electron chi connectivity index (χ0n) is 14.5. The summed E-state index contributed by atoms with van der Waals surface area (Å²) in [5.41, 5.74) is 0.926. The number of nitrogens with one attached hydrogen (secondary N) is 1. The number of hydrogen-bond acceptors (Lipinski definition) is 5. The van der Waals surface area contributed by atoms with Crippen molar-refractivity contribution < 1.29 is 14.3 Å². The number of benzene rings is 1. The molecule has 0 amide bonds. The second-order valence-electron chi connectivity index (χ2n) is 5.21. The Labute approximate surface area is 146 Å². The van der Waals surface area contributed by atoms with Gasteiger partial charge in [-0.15, -0.1) is 0 Å². The van der Waals surface area contributed by atoms with Gasteiger partial charge in [0.05, 0.1) is 25.5 Å². The van der Waals surface area contributed by atoms with Crippen molar-refractivity contribution >= 4 is 17.5 Å². The molecule has 0 aliphatic rings. The van der Waals surface area contributed by atoms with Gasteiger partial charge in [-0.2, -0.15) is 0 Å². The highest BCUT2D eigenvalue weighted by atomic mass is 16.5. The summed E-state index contributed by atoms with van der Waals surface area (Å²) in [7, 11) is 3.12. The summed E-state index contributed by atoms with van der Waals surface area (Å²) < 4.78 is 10.5. The van der Waals surface area contributed by atoms with E-state index in [-0.39, 0.29) is 16.8 Å². The summed E-state index contributed by atoms with van der Waals surface area (Å²) in [5, 5.41) is 2.97. The second-order valence-corrected chi connectivity index (χ2v) is 5.21. The van der Waals surface area contributed by atoms with Crippen LogP contribution < -0.4 is 20.2 Å². The minimum atomic E-state index is -0.363. The average molecular weight is 339 g/mol. The van der Waals surface area contributed by atoms with Gasteiger partial charge in [0.2, 0.25) is 5.43 Å². The quantitative estimate of drug-likeness (QED) is 0.619. The van der Waals surface area contributed by atoms with Crippen LogP contribution in [0.3, 0.4) is 0 Å². The molecule has 0 atom stereocenters. The number of anilines is 1. The topological polar surface area (TPSA) is 64.6 Å². The molecule has 130 valence electrons. The zero-order chi connectivity index (χ0) is 18.2. The molecule has 0 heterocycles. The molecule has 0 radical (unpaired) electrons. The molecule has 0 aliphatic heterocycles. The van der Waals surface area contributed by atoms with Crippen molar-refractivity contribution in [2.45, 2.75) is 6.92 Å². The first-order chi connectivity index (χ1) is 12.1. The van der Waals surface area contributed by atoms with Crippen molar-refractivity contribution in [2.24, 2.45) is 0 Å². The number of carbonyl (C=O) groups is 1. The first-order valence-corrected chi connectivity index (χ1v) is 7.92. The van der Waals surface area contributed by atoms with Crippen LogP contribution in [0.2, 0.25) is 0 Å². The monoisotopic (exact) mass is 339 g/mol. The maximum absolute atomic E-state index is 12.5. The van der Waals surface area contributed by atoms with Crippen LogP contribution in [0, 0.1) is 0 Å². The first kappa shape index (κ1) is 18.3. The molecule has 0 saturated carbocycles. The molecule has 0 spiro atoms. The molecular weight excluding hydrogens is 318 g/mol. The van der Waals surface area contributed by atoms with Crippen LogP contribution in [0.5, 0.6) is 11.5 Å². The number of rotatable bonds is 7. The van der Waals surface area contributed by atoms with E-state index in [4.69, 9.17) is 9.47 Å². The number of methoxy groups -OCH3 is 2. The van der Waals surface area contributed by atoms with Gasteiger partial charge in [-0.05, 0) is 43.3 Å². The predicted octanol–water partition coefficient (Wildman–Crippen LogP) is 3.39. The molecule has 0 bridgehead atoms. The van der Waals surface area contributed by atoms with Crippen LogP contribution >= 0.6 is 0 Å². The van der Waals surface area contributed by atoms with Gasteiger partial charge < -0.3 is 14.8 Å². The molecule has 5 heteroatoms. The van der Waals surface area contributed by atoms with Crippen molar-refractivity contribution in [3.8, 4) is 11.5 Å². The van der Waals surface area contributed by atoms with Crippen LogP contribution in [0.25, 0.3) is 6.08 Å². The number of carbonyl (C=O) groups excluding carboxylic acids is 1. The maximum Gasteiger partial charge on any atom is 0.212 e. The van der Waals surface area contributed by atoms with Gasteiger partial charge in [-0.3, -0.25) is 9.59 Å². The number of ether oxygens (including phenoxy) is 2. The highest BCUT2D eigenvalue weighted by molar-refractivity contribution is 6.07. The SMILES string of the molecule is CCNc1ccccc(C(=O)C=Cc2ccc(OC)cc2OC)c1=O. The molecule has 0 unspecified atom stereocenters. The van der Waals surface area contributed by atoms with Gasteiger partial charge >= 0.3 is 0 Å². The number of ketones is 1. The van der Waals surface area contributed by atoms with Crippen molar-refractivity contribution in [3.63, 3.8) is 0 Å². The molecule has 5 nitrogen and oxygen atoms in total. The van der Waals surface area contributed by atoms with E-state index in [1.165, 1.54) is 12.1 Å². The molecule has 2 aromatic rings. The Bertz CT molecular complexity index is 843. The molecular formula is C20H21NO4. The van der Waals surface area contributed by atoms with Crippen molar-refractivity contribution in [2.75, 3.05) is 26.1 Å². The summed E-state index contributed by atoms with van der Waals surface area (Å²) in [6, 6.07) is 11.9. The Morgan fingerprint density at radius 3 is 2.56 bits per heavy atom. The second kappa shape index (κ2) is 8.68. The van der Waals surface area contributed by atoms with E-state index in [0.717, 1.165) is 5.56 Å². The Hall–Kier alpha value is -3.08. The number of hydrogen-bond donors (Lipinski definition) is 1. The third-order valence-electron chi connectivity index (χ3n) is 3.61. The van der Waals surface area contributed by atoms with E-state index in [9.17, 15) is 9.59 Å². The average Bonchev–Trinajstić information content (AvgIpc) is 2.82. The van der Waals surface area contributed by atoms with Gasteiger partial charge in [0.15, 0.2) is 5.78 Å². The van der Waals surface area contributed by atoms with Gasteiger partial charge in [-0.1, -0.05) is 12.1 Å². The summed E-state index contributed by atoms with van der Waals surface area (Å²) >= 11 is 0. The largest absolute Gasteiger partial charge is 0.497 e. The fourth-order valence-electron chi connectivity index (χ4n) is 2.34. The lowest BCUT2D eigenvalue weighted by atomic mass is 10.1. The van der Waals surface area contributed by atoms with Crippen LogP contribution in [0.1, 0.15) is 22.8 Å². The minimum Gasteiger partial charge on any atom is -0.497 e. The van der Waals surface area contributed by atoms with E-state index in [2.05, 4.69) is 5.32 Å². The summed E-state index contributed by atoms with van der Waals surface area (Å²) in [5.74, 6) is 0.878. The van der Waals surface area contributed by atoms with E-state index in [0.29, 0.717) is 23.7 Å². The van der Waals surface area contributed by atoms with Crippen LogP contribution in [0.4, 0.5) is 5.69 Å². The third kappa shape index (κ3) is 4.47. The van der Waals surface area contributed by atoms with Gasteiger partial charge in [0.25, 0.3) is 0 Å². The fraction of sp³-hybridized carbons (Fsp3) is 0.200. The van der Waals surface area contributed by atoms with Crippen LogP contribution in [0.15, 0.2) is 53.3 Å². The lowest BCUT2D eigenvalue weighted by molar-refractivity contribution is 0.104. The highest BCUT2D eigenvalue weighted by Gasteiger charge is 2.09. The minimum absolute atomic E-state index is 0.115. The zero-order valence-corrected chi connectivity index (χ0v) is 14.5. The molecule has 25 heavy (non-hydrogen) atoms.